The molecule has 0 radical (unpaired) electrons. The molecule has 3 heteroatoms. The van der Waals surface area contributed by atoms with E-state index in [0.29, 0.717) is 0 Å². The van der Waals surface area contributed by atoms with Crippen LogP contribution in [0.4, 0.5) is 0 Å². The summed E-state index contributed by atoms with van der Waals surface area (Å²) in [6.45, 7) is 6.89. The van der Waals surface area contributed by atoms with Gasteiger partial charge in [-0.3, -0.25) is 0 Å². The van der Waals surface area contributed by atoms with Crippen LogP contribution in [0.3, 0.4) is 0 Å². The minimum Gasteiger partial charge on any atom is -0.494 e. The van der Waals surface area contributed by atoms with Crippen LogP contribution in [0.1, 0.15) is 18.9 Å². The Morgan fingerprint density at radius 1 is 0.857 bits per heavy atom. The van der Waals surface area contributed by atoms with E-state index in [-0.39, 0.29) is 0 Å². The number of rotatable bonds is 8. The predicted octanol–water partition coefficient (Wildman–Crippen LogP) is 4.17. The van der Waals surface area contributed by atoms with Crippen LogP contribution in [-0.2, 0) is 0 Å². The van der Waals surface area contributed by atoms with Crippen molar-refractivity contribution in [1.82, 2.24) is 5.32 Å². The summed E-state index contributed by atoms with van der Waals surface area (Å²) >= 11 is 0. The highest BCUT2D eigenvalue weighted by Gasteiger charge is 1.99. The Morgan fingerprint density at radius 3 is 2.05 bits per heavy atom. The average Bonchev–Trinajstić information content (AvgIpc) is 2.51. The van der Waals surface area contributed by atoms with Gasteiger partial charge >= 0.3 is 0 Å². The van der Waals surface area contributed by atoms with Crippen LogP contribution in [0, 0.1) is 6.92 Å². The highest BCUT2D eigenvalue weighted by atomic mass is 16.5. The summed E-state index contributed by atoms with van der Waals surface area (Å²) in [5.41, 5.74) is 1.23. The van der Waals surface area contributed by atoms with Gasteiger partial charge in [0.05, 0.1) is 6.61 Å². The van der Waals surface area contributed by atoms with Crippen LogP contribution in [0.25, 0.3) is 0 Å². The molecule has 1 N–H and O–H groups in total. The molecule has 0 saturated heterocycles. The van der Waals surface area contributed by atoms with Gasteiger partial charge in [-0.25, -0.2) is 0 Å². The quantitative estimate of drug-likeness (QED) is 0.739. The first-order valence-electron chi connectivity index (χ1n) is 7.46. The molecule has 0 saturated carbocycles. The molecular weight excluding hydrogens is 262 g/mol. The third-order valence-corrected chi connectivity index (χ3v) is 3.10. The highest BCUT2D eigenvalue weighted by Crippen LogP contribution is 2.24. The minimum absolute atomic E-state index is 0.727. The number of hydrogen-bond donors (Lipinski definition) is 1. The van der Waals surface area contributed by atoms with Crippen LogP contribution < -0.4 is 14.8 Å². The molecule has 3 nitrogen and oxygen atoms in total. The average molecular weight is 285 g/mol. The molecule has 0 bridgehead atoms. The lowest BCUT2D eigenvalue weighted by Crippen LogP contribution is -2.16. The van der Waals surface area contributed by atoms with E-state index in [1.54, 1.807) is 0 Å². The van der Waals surface area contributed by atoms with E-state index >= 15 is 0 Å². The maximum Gasteiger partial charge on any atom is 0.127 e. The molecule has 0 spiro atoms. The molecule has 2 rings (SSSR count). The van der Waals surface area contributed by atoms with Crippen LogP contribution in [0.2, 0.25) is 0 Å². The summed E-state index contributed by atoms with van der Waals surface area (Å²) < 4.78 is 11.5. The summed E-state index contributed by atoms with van der Waals surface area (Å²) in [7, 11) is 0. The van der Waals surface area contributed by atoms with E-state index in [1.165, 1.54) is 5.56 Å². The molecule has 0 unspecified atom stereocenters. The zero-order valence-corrected chi connectivity index (χ0v) is 12.8. The minimum atomic E-state index is 0.727. The third kappa shape index (κ3) is 5.48. The molecular formula is C18H23NO2. The van der Waals surface area contributed by atoms with Crippen LogP contribution in [0.15, 0.2) is 48.5 Å². The molecule has 0 aliphatic rings. The molecule has 2 aromatic rings. The lowest BCUT2D eigenvalue weighted by Gasteiger charge is -2.09. The fraction of sp³-hybridized carbons (Fsp3) is 0.333. The monoisotopic (exact) mass is 285 g/mol. The highest BCUT2D eigenvalue weighted by molar-refractivity contribution is 5.36. The largest absolute Gasteiger partial charge is 0.494 e. The second-order valence-electron chi connectivity index (χ2n) is 4.94. The van der Waals surface area contributed by atoms with Gasteiger partial charge < -0.3 is 14.8 Å². The van der Waals surface area contributed by atoms with Gasteiger partial charge in [-0.2, -0.15) is 0 Å². The Bertz CT molecular complexity index is 520. The Kier molecular flexibility index (Phi) is 6.10. The van der Waals surface area contributed by atoms with E-state index in [2.05, 4.69) is 19.2 Å². The van der Waals surface area contributed by atoms with Crippen molar-refractivity contribution >= 4 is 0 Å². The van der Waals surface area contributed by atoms with Crippen molar-refractivity contribution in [2.75, 3.05) is 19.7 Å². The van der Waals surface area contributed by atoms with Crippen molar-refractivity contribution in [3.05, 3.63) is 54.1 Å². The standard InChI is InChI=1S/C18H23NO2/c1-3-19-13-4-14-20-16-9-11-18(12-10-16)21-17-7-5-15(2)6-8-17/h5-12,19H,3-4,13-14H2,1-2H3. The molecule has 0 aliphatic carbocycles. The lowest BCUT2D eigenvalue weighted by molar-refractivity contribution is 0.308. The summed E-state index contributed by atoms with van der Waals surface area (Å²) in [6, 6.07) is 15.8. The van der Waals surface area contributed by atoms with Crippen LogP contribution >= 0.6 is 0 Å². The molecule has 21 heavy (non-hydrogen) atoms. The van der Waals surface area contributed by atoms with Gasteiger partial charge in [0.25, 0.3) is 0 Å². The Morgan fingerprint density at radius 2 is 1.43 bits per heavy atom. The van der Waals surface area contributed by atoms with Crippen molar-refractivity contribution in [2.45, 2.75) is 20.3 Å². The van der Waals surface area contributed by atoms with Gasteiger partial charge in [0.2, 0.25) is 0 Å². The molecule has 2 aromatic carbocycles. The molecule has 112 valence electrons. The molecule has 0 amide bonds. The normalized spacial score (nSPS) is 10.4. The number of aryl methyl sites for hydroxylation is 1. The van der Waals surface area contributed by atoms with Crippen molar-refractivity contribution in [1.29, 1.82) is 0 Å². The Labute approximate surface area is 126 Å². The molecule has 0 aromatic heterocycles. The number of nitrogens with one attached hydrogen (secondary N) is 1. The van der Waals surface area contributed by atoms with E-state index in [1.807, 2.05) is 48.5 Å². The van der Waals surface area contributed by atoms with Crippen LogP contribution in [0.5, 0.6) is 17.2 Å². The van der Waals surface area contributed by atoms with Gasteiger partial charge in [-0.15, -0.1) is 0 Å². The van der Waals surface area contributed by atoms with E-state index in [4.69, 9.17) is 9.47 Å². The predicted molar refractivity (Wildman–Crippen MR) is 86.4 cm³/mol. The van der Waals surface area contributed by atoms with Gasteiger partial charge in [0.1, 0.15) is 17.2 Å². The maximum absolute atomic E-state index is 5.78. The van der Waals surface area contributed by atoms with Crippen molar-refractivity contribution in [3.63, 3.8) is 0 Å². The Hall–Kier alpha value is -2.00. The van der Waals surface area contributed by atoms with Gasteiger partial charge in [0.15, 0.2) is 0 Å². The smallest absolute Gasteiger partial charge is 0.127 e. The van der Waals surface area contributed by atoms with Crippen molar-refractivity contribution in [3.8, 4) is 17.2 Å². The molecule has 0 fully saturated rings. The first kappa shape index (κ1) is 15.4. The fourth-order valence-corrected chi connectivity index (χ4v) is 1.91. The van der Waals surface area contributed by atoms with Crippen LogP contribution in [-0.4, -0.2) is 19.7 Å². The SMILES string of the molecule is CCNCCCOc1ccc(Oc2ccc(C)cc2)cc1. The summed E-state index contributed by atoms with van der Waals surface area (Å²) in [5.74, 6) is 2.54. The van der Waals surface area contributed by atoms with Crippen molar-refractivity contribution < 1.29 is 9.47 Å². The molecule has 0 heterocycles. The third-order valence-electron chi connectivity index (χ3n) is 3.10. The van der Waals surface area contributed by atoms with Gasteiger partial charge in [-0.05, 0) is 62.8 Å². The Balaban J connectivity index is 1.80. The van der Waals surface area contributed by atoms with Gasteiger partial charge in [0, 0.05) is 0 Å². The summed E-state index contributed by atoms with van der Waals surface area (Å²) in [5, 5.41) is 3.27. The molecule has 0 aliphatic heterocycles. The van der Waals surface area contributed by atoms with Crippen molar-refractivity contribution in [2.24, 2.45) is 0 Å². The lowest BCUT2D eigenvalue weighted by atomic mass is 10.2. The first-order valence-corrected chi connectivity index (χ1v) is 7.46. The number of hydrogen-bond acceptors (Lipinski definition) is 3. The first-order chi connectivity index (χ1) is 10.3. The number of ether oxygens (including phenoxy) is 2. The zero-order chi connectivity index (χ0) is 14.9. The van der Waals surface area contributed by atoms with Gasteiger partial charge in [-0.1, -0.05) is 24.6 Å². The van der Waals surface area contributed by atoms with E-state index in [9.17, 15) is 0 Å². The zero-order valence-electron chi connectivity index (χ0n) is 12.8. The topological polar surface area (TPSA) is 30.5 Å². The van der Waals surface area contributed by atoms with E-state index < -0.39 is 0 Å². The fourth-order valence-electron chi connectivity index (χ4n) is 1.91. The molecule has 0 atom stereocenters. The second-order valence-corrected chi connectivity index (χ2v) is 4.94. The second kappa shape index (κ2) is 8.32. The summed E-state index contributed by atoms with van der Waals surface area (Å²) in [4.78, 5) is 0. The number of benzene rings is 2. The summed E-state index contributed by atoms with van der Waals surface area (Å²) in [6.07, 6.45) is 1.01. The van der Waals surface area contributed by atoms with E-state index in [0.717, 1.165) is 43.4 Å². The maximum atomic E-state index is 5.78.